The lowest BCUT2D eigenvalue weighted by atomic mass is 10.1. The molecule has 2 heterocycles. The summed E-state index contributed by atoms with van der Waals surface area (Å²) < 4.78 is 32.9. The van der Waals surface area contributed by atoms with Gasteiger partial charge < -0.3 is 4.42 Å². The van der Waals surface area contributed by atoms with Crippen LogP contribution >= 0.6 is 11.3 Å². The molecule has 4 aromatic rings. The predicted octanol–water partition coefficient (Wildman–Crippen LogP) is 5.84. The van der Waals surface area contributed by atoms with E-state index in [0.717, 1.165) is 22.3 Å². The van der Waals surface area contributed by atoms with E-state index in [-0.39, 0.29) is 22.0 Å². The fraction of sp³-hybridized carbons (Fsp3) is 0.192. The van der Waals surface area contributed by atoms with Gasteiger partial charge in [-0.25, -0.2) is 8.42 Å². The van der Waals surface area contributed by atoms with Gasteiger partial charge in [0, 0.05) is 29.0 Å². The summed E-state index contributed by atoms with van der Waals surface area (Å²) in [5.74, 6) is 0.300. The van der Waals surface area contributed by atoms with Crippen LogP contribution in [0, 0.1) is 13.8 Å². The van der Waals surface area contributed by atoms with Crippen LogP contribution in [0.1, 0.15) is 34.8 Å². The fourth-order valence-corrected chi connectivity index (χ4v) is 7.11. The molecule has 0 saturated heterocycles. The number of hydrogen-bond acceptors (Lipinski definition) is 5. The van der Waals surface area contributed by atoms with E-state index in [1.54, 1.807) is 24.3 Å². The SMILES string of the molecule is Cc1ccc([C@@H]2C[C@@]2(c2cc(=O)cc(-c3ccsc3)o2)S(=O)(=O)c2ccc(C)cc2)cc1. The molecule has 0 spiro atoms. The average molecular weight is 463 g/mol. The van der Waals surface area contributed by atoms with E-state index in [4.69, 9.17) is 4.42 Å². The molecule has 0 amide bonds. The lowest BCUT2D eigenvalue weighted by molar-refractivity contribution is 0.476. The van der Waals surface area contributed by atoms with Crippen LogP contribution in [-0.4, -0.2) is 8.42 Å². The van der Waals surface area contributed by atoms with Gasteiger partial charge in [-0.1, -0.05) is 47.5 Å². The Labute approximate surface area is 191 Å². The smallest absolute Gasteiger partial charge is 0.191 e. The van der Waals surface area contributed by atoms with Gasteiger partial charge >= 0.3 is 0 Å². The molecule has 2 aromatic carbocycles. The third-order valence-electron chi connectivity index (χ3n) is 6.19. The molecular formula is C26H22O4S2. The summed E-state index contributed by atoms with van der Waals surface area (Å²) in [6, 6.07) is 19.4. The van der Waals surface area contributed by atoms with E-state index in [1.165, 1.54) is 23.5 Å². The van der Waals surface area contributed by atoms with Gasteiger partial charge in [0.1, 0.15) is 16.3 Å². The van der Waals surface area contributed by atoms with Crippen molar-refractivity contribution < 1.29 is 12.8 Å². The van der Waals surface area contributed by atoms with E-state index in [2.05, 4.69) is 0 Å². The second-order valence-electron chi connectivity index (χ2n) is 8.41. The Kier molecular flexibility index (Phi) is 4.95. The van der Waals surface area contributed by atoms with Gasteiger partial charge in [-0.2, -0.15) is 11.3 Å². The van der Waals surface area contributed by atoms with Gasteiger partial charge in [0.05, 0.1) is 4.90 Å². The highest BCUT2D eigenvalue weighted by atomic mass is 32.2. The van der Waals surface area contributed by atoms with E-state index < -0.39 is 14.6 Å². The Morgan fingerprint density at radius 1 is 0.938 bits per heavy atom. The van der Waals surface area contributed by atoms with Gasteiger partial charge in [0.2, 0.25) is 0 Å². The molecule has 0 N–H and O–H groups in total. The van der Waals surface area contributed by atoms with Crippen molar-refractivity contribution in [2.45, 2.75) is 35.8 Å². The molecule has 162 valence electrons. The normalized spacial score (nSPS) is 20.2. The van der Waals surface area contributed by atoms with E-state index in [9.17, 15) is 13.2 Å². The number of rotatable bonds is 5. The first kappa shape index (κ1) is 20.9. The van der Waals surface area contributed by atoms with E-state index in [1.807, 2.05) is 54.9 Å². The van der Waals surface area contributed by atoms with Gasteiger partial charge in [-0.3, -0.25) is 4.79 Å². The molecule has 1 fully saturated rings. The first-order valence-electron chi connectivity index (χ1n) is 10.4. The van der Waals surface area contributed by atoms with Crippen molar-refractivity contribution in [1.82, 2.24) is 0 Å². The summed E-state index contributed by atoms with van der Waals surface area (Å²) in [6.45, 7) is 3.91. The Bertz CT molecular complexity index is 1430. The quantitative estimate of drug-likeness (QED) is 0.374. The van der Waals surface area contributed by atoms with Crippen LogP contribution < -0.4 is 5.43 Å². The largest absolute Gasteiger partial charge is 0.459 e. The molecule has 0 radical (unpaired) electrons. The Hall–Kier alpha value is -2.96. The van der Waals surface area contributed by atoms with E-state index in [0.29, 0.717) is 12.2 Å². The van der Waals surface area contributed by atoms with Crippen molar-refractivity contribution in [1.29, 1.82) is 0 Å². The second-order valence-corrected chi connectivity index (χ2v) is 11.4. The highest BCUT2D eigenvalue weighted by Crippen LogP contribution is 2.65. The third kappa shape index (κ3) is 3.34. The summed E-state index contributed by atoms with van der Waals surface area (Å²) in [7, 11) is -3.84. The van der Waals surface area contributed by atoms with Gasteiger partial charge in [0.25, 0.3) is 0 Å². The van der Waals surface area contributed by atoms with Crippen LogP contribution in [0.2, 0.25) is 0 Å². The standard InChI is InChI=1S/C26H22O4S2/c1-17-3-7-19(8-4-17)23-15-26(23,32(28,29)22-9-5-18(2)6-10-22)25-14-21(27)13-24(30-25)20-11-12-31-16-20/h3-14,16,23H,15H2,1-2H3/t23-,26+/m0/s1. The summed E-state index contributed by atoms with van der Waals surface area (Å²) in [5.41, 5.74) is 3.52. The zero-order valence-corrected chi connectivity index (χ0v) is 19.4. The highest BCUT2D eigenvalue weighted by molar-refractivity contribution is 7.92. The zero-order chi connectivity index (χ0) is 22.5. The molecule has 0 aliphatic heterocycles. The predicted molar refractivity (Wildman–Crippen MR) is 127 cm³/mol. The van der Waals surface area contributed by atoms with Gasteiger partial charge in [-0.05, 0) is 49.4 Å². The molecular weight excluding hydrogens is 440 g/mol. The van der Waals surface area contributed by atoms with E-state index >= 15 is 0 Å². The highest BCUT2D eigenvalue weighted by Gasteiger charge is 2.67. The number of sulfone groups is 1. The lowest BCUT2D eigenvalue weighted by Crippen LogP contribution is -2.25. The molecule has 0 bridgehead atoms. The number of benzene rings is 2. The minimum Gasteiger partial charge on any atom is -0.459 e. The molecule has 0 unspecified atom stereocenters. The summed E-state index contributed by atoms with van der Waals surface area (Å²) in [6.07, 6.45) is 0.363. The van der Waals surface area contributed by atoms with Crippen molar-refractivity contribution >= 4 is 21.2 Å². The summed E-state index contributed by atoms with van der Waals surface area (Å²) in [5, 5.41) is 3.78. The zero-order valence-electron chi connectivity index (χ0n) is 17.7. The monoisotopic (exact) mass is 462 g/mol. The van der Waals surface area contributed by atoms with Crippen LogP contribution in [-0.2, 0) is 14.6 Å². The summed E-state index contributed by atoms with van der Waals surface area (Å²) >= 11 is 1.49. The van der Waals surface area contributed by atoms with Crippen molar-refractivity contribution in [3.8, 4) is 11.3 Å². The maximum absolute atomic E-state index is 14.0. The maximum Gasteiger partial charge on any atom is 0.191 e. The van der Waals surface area contributed by atoms with Crippen LogP contribution in [0.4, 0.5) is 0 Å². The minimum absolute atomic E-state index is 0.206. The van der Waals surface area contributed by atoms with Crippen LogP contribution in [0.3, 0.4) is 0 Å². The first-order valence-corrected chi connectivity index (χ1v) is 12.8. The van der Waals surface area contributed by atoms with Crippen LogP contribution in [0.5, 0.6) is 0 Å². The van der Waals surface area contributed by atoms with Crippen molar-refractivity contribution in [2.24, 2.45) is 0 Å². The molecule has 2 aromatic heterocycles. The van der Waals surface area contributed by atoms with Crippen LogP contribution in [0.15, 0.2) is 91.6 Å². The molecule has 1 aliphatic carbocycles. The molecule has 32 heavy (non-hydrogen) atoms. The lowest BCUT2D eigenvalue weighted by Gasteiger charge is -2.19. The second kappa shape index (κ2) is 7.57. The number of hydrogen-bond donors (Lipinski definition) is 0. The molecule has 2 atom stereocenters. The Morgan fingerprint density at radius 3 is 2.22 bits per heavy atom. The minimum atomic E-state index is -3.84. The summed E-state index contributed by atoms with van der Waals surface area (Å²) in [4.78, 5) is 12.9. The Balaban J connectivity index is 1.71. The molecule has 1 saturated carbocycles. The maximum atomic E-state index is 14.0. The average Bonchev–Trinajstić information content (AvgIpc) is 3.31. The fourth-order valence-electron chi connectivity index (χ4n) is 4.29. The van der Waals surface area contributed by atoms with Gasteiger partial charge in [0.15, 0.2) is 15.3 Å². The van der Waals surface area contributed by atoms with Crippen molar-refractivity contribution in [3.63, 3.8) is 0 Å². The molecule has 5 rings (SSSR count). The van der Waals surface area contributed by atoms with Crippen molar-refractivity contribution in [2.75, 3.05) is 0 Å². The molecule has 6 heteroatoms. The van der Waals surface area contributed by atoms with Gasteiger partial charge in [-0.15, -0.1) is 0 Å². The topological polar surface area (TPSA) is 64.3 Å². The van der Waals surface area contributed by atoms with Crippen LogP contribution in [0.25, 0.3) is 11.3 Å². The molecule has 1 aliphatic rings. The third-order valence-corrected chi connectivity index (χ3v) is 9.38. The number of aryl methyl sites for hydroxylation is 2. The number of thiophene rings is 1. The van der Waals surface area contributed by atoms with Crippen molar-refractivity contribution in [3.05, 3.63) is 110 Å². The molecule has 4 nitrogen and oxygen atoms in total. The Morgan fingerprint density at radius 2 is 1.59 bits per heavy atom. The first-order chi connectivity index (χ1) is 15.3.